The maximum atomic E-state index is 13.6. The van der Waals surface area contributed by atoms with Gasteiger partial charge in [-0.3, -0.25) is 9.59 Å². The molecule has 6 nitrogen and oxygen atoms in total. The van der Waals surface area contributed by atoms with Gasteiger partial charge in [0.15, 0.2) is 11.5 Å². The number of likely N-dealkylation sites (tertiary alicyclic amines) is 1. The van der Waals surface area contributed by atoms with Crippen LogP contribution in [-0.4, -0.2) is 50.1 Å². The second kappa shape index (κ2) is 10.9. The topological polar surface area (TPSA) is 67.9 Å². The number of nitrogens with one attached hydrogen (secondary N) is 1. The van der Waals surface area contributed by atoms with Crippen molar-refractivity contribution in [2.24, 2.45) is 0 Å². The predicted molar refractivity (Wildman–Crippen MR) is 131 cm³/mol. The summed E-state index contributed by atoms with van der Waals surface area (Å²) in [5, 5.41) is 3.10. The summed E-state index contributed by atoms with van der Waals surface area (Å²) in [4.78, 5) is 28.3. The van der Waals surface area contributed by atoms with Crippen LogP contribution in [0.15, 0.2) is 78.9 Å². The first kappa shape index (κ1) is 23.4. The fraction of sp³-hybridized carbons (Fsp3) is 0.286. The molecule has 6 heteroatoms. The highest BCUT2D eigenvalue weighted by Gasteiger charge is 2.31. The summed E-state index contributed by atoms with van der Waals surface area (Å²) in [6.07, 6.45) is 1.42. The molecule has 0 aromatic heterocycles. The molecular formula is C28H30N2O4. The molecule has 1 aliphatic rings. The molecular weight excluding hydrogens is 428 g/mol. The SMILES string of the molecule is COc1ccc(C(=O)NC2CCN(C(=O)C(c3ccccc3)c3ccccc3)CC2)cc1OC. The Balaban J connectivity index is 1.41. The van der Waals surface area contributed by atoms with E-state index in [-0.39, 0.29) is 23.8 Å². The van der Waals surface area contributed by atoms with E-state index in [0.717, 1.165) is 11.1 Å². The molecule has 34 heavy (non-hydrogen) atoms. The minimum atomic E-state index is -0.333. The molecule has 1 saturated heterocycles. The van der Waals surface area contributed by atoms with E-state index >= 15 is 0 Å². The van der Waals surface area contributed by atoms with Crippen LogP contribution in [0.4, 0.5) is 0 Å². The Morgan fingerprint density at radius 1 is 0.824 bits per heavy atom. The molecule has 0 atom stereocenters. The highest BCUT2D eigenvalue weighted by molar-refractivity contribution is 5.95. The van der Waals surface area contributed by atoms with Gasteiger partial charge in [-0.1, -0.05) is 60.7 Å². The smallest absolute Gasteiger partial charge is 0.251 e. The molecule has 3 aromatic rings. The standard InChI is InChI=1S/C28H30N2O4/c1-33-24-14-13-22(19-25(24)34-2)27(31)29-23-15-17-30(18-16-23)28(32)26(20-9-5-3-6-10-20)21-11-7-4-8-12-21/h3-14,19,23,26H,15-18H2,1-2H3,(H,29,31). The van der Waals surface area contributed by atoms with Crippen LogP contribution in [-0.2, 0) is 4.79 Å². The van der Waals surface area contributed by atoms with E-state index in [0.29, 0.717) is 43.0 Å². The van der Waals surface area contributed by atoms with Crippen molar-refractivity contribution >= 4 is 11.8 Å². The summed E-state index contributed by atoms with van der Waals surface area (Å²) >= 11 is 0. The van der Waals surface area contributed by atoms with E-state index in [1.807, 2.05) is 65.6 Å². The number of nitrogens with zero attached hydrogens (tertiary/aromatic N) is 1. The van der Waals surface area contributed by atoms with Gasteiger partial charge >= 0.3 is 0 Å². The minimum absolute atomic E-state index is 0.0107. The maximum Gasteiger partial charge on any atom is 0.251 e. The van der Waals surface area contributed by atoms with Gasteiger partial charge in [-0.15, -0.1) is 0 Å². The second-order valence-corrected chi connectivity index (χ2v) is 8.40. The van der Waals surface area contributed by atoms with Crippen molar-refractivity contribution in [2.45, 2.75) is 24.8 Å². The lowest BCUT2D eigenvalue weighted by molar-refractivity contribution is -0.132. The van der Waals surface area contributed by atoms with Gasteiger partial charge in [0.2, 0.25) is 5.91 Å². The van der Waals surface area contributed by atoms with Gasteiger partial charge in [-0.25, -0.2) is 0 Å². The van der Waals surface area contributed by atoms with Gasteiger partial charge < -0.3 is 19.7 Å². The number of methoxy groups -OCH3 is 2. The Morgan fingerprint density at radius 2 is 1.38 bits per heavy atom. The van der Waals surface area contributed by atoms with Crippen LogP contribution in [0.2, 0.25) is 0 Å². The summed E-state index contributed by atoms with van der Waals surface area (Å²) in [6, 6.07) is 24.9. The van der Waals surface area contributed by atoms with Crippen LogP contribution in [0, 0.1) is 0 Å². The van der Waals surface area contributed by atoms with E-state index in [1.54, 1.807) is 32.4 Å². The largest absolute Gasteiger partial charge is 0.493 e. The zero-order valence-corrected chi connectivity index (χ0v) is 19.6. The molecule has 0 unspecified atom stereocenters. The van der Waals surface area contributed by atoms with Crippen molar-refractivity contribution < 1.29 is 19.1 Å². The van der Waals surface area contributed by atoms with Gasteiger partial charge in [0.05, 0.1) is 20.1 Å². The summed E-state index contributed by atoms with van der Waals surface area (Å²) in [7, 11) is 3.11. The Hall–Kier alpha value is -3.80. The third kappa shape index (κ3) is 5.22. The fourth-order valence-electron chi connectivity index (χ4n) is 4.44. The molecule has 0 radical (unpaired) electrons. The van der Waals surface area contributed by atoms with Crippen molar-refractivity contribution in [1.29, 1.82) is 0 Å². The Kier molecular flexibility index (Phi) is 7.48. The van der Waals surface area contributed by atoms with Crippen molar-refractivity contribution in [3.63, 3.8) is 0 Å². The fourth-order valence-corrected chi connectivity index (χ4v) is 4.44. The molecule has 1 fully saturated rings. The summed E-state index contributed by atoms with van der Waals surface area (Å²) in [5.41, 5.74) is 2.49. The van der Waals surface area contributed by atoms with Gasteiger partial charge in [0.25, 0.3) is 5.91 Å². The number of benzene rings is 3. The first-order chi connectivity index (χ1) is 16.6. The van der Waals surface area contributed by atoms with E-state index in [2.05, 4.69) is 5.32 Å². The molecule has 4 rings (SSSR count). The van der Waals surface area contributed by atoms with Gasteiger partial charge in [0.1, 0.15) is 0 Å². The monoisotopic (exact) mass is 458 g/mol. The molecule has 2 amide bonds. The second-order valence-electron chi connectivity index (χ2n) is 8.40. The van der Waals surface area contributed by atoms with E-state index < -0.39 is 0 Å². The average Bonchev–Trinajstić information content (AvgIpc) is 2.90. The number of amides is 2. The first-order valence-corrected chi connectivity index (χ1v) is 11.5. The summed E-state index contributed by atoms with van der Waals surface area (Å²) in [5.74, 6) is 0.709. The van der Waals surface area contributed by atoms with Crippen LogP contribution in [0.5, 0.6) is 11.5 Å². The average molecular weight is 459 g/mol. The molecule has 1 N–H and O–H groups in total. The third-order valence-corrected chi connectivity index (χ3v) is 6.30. The number of piperidine rings is 1. The quantitative estimate of drug-likeness (QED) is 0.575. The predicted octanol–water partition coefficient (Wildman–Crippen LogP) is 4.26. The van der Waals surface area contributed by atoms with Crippen molar-refractivity contribution in [3.05, 3.63) is 95.6 Å². The molecule has 0 saturated carbocycles. The van der Waals surface area contributed by atoms with Crippen LogP contribution < -0.4 is 14.8 Å². The minimum Gasteiger partial charge on any atom is -0.493 e. The van der Waals surface area contributed by atoms with Crippen LogP contribution in [0.1, 0.15) is 40.2 Å². The lowest BCUT2D eigenvalue weighted by Gasteiger charge is -2.35. The first-order valence-electron chi connectivity index (χ1n) is 11.5. The van der Waals surface area contributed by atoms with Crippen molar-refractivity contribution in [3.8, 4) is 11.5 Å². The molecule has 0 bridgehead atoms. The zero-order chi connectivity index (χ0) is 23.9. The van der Waals surface area contributed by atoms with Crippen molar-refractivity contribution in [1.82, 2.24) is 10.2 Å². The lowest BCUT2D eigenvalue weighted by atomic mass is 9.89. The highest BCUT2D eigenvalue weighted by atomic mass is 16.5. The Bertz CT molecular complexity index is 1070. The zero-order valence-electron chi connectivity index (χ0n) is 19.6. The van der Waals surface area contributed by atoms with Crippen LogP contribution in [0.3, 0.4) is 0 Å². The summed E-state index contributed by atoms with van der Waals surface area (Å²) < 4.78 is 10.5. The Labute approximate surface area is 200 Å². The number of carbonyl (C=O) groups excluding carboxylic acids is 2. The summed E-state index contributed by atoms with van der Waals surface area (Å²) in [6.45, 7) is 1.21. The Morgan fingerprint density at radius 3 is 1.91 bits per heavy atom. The van der Waals surface area contributed by atoms with E-state index in [9.17, 15) is 9.59 Å². The molecule has 176 valence electrons. The van der Waals surface area contributed by atoms with Gasteiger partial charge in [-0.05, 0) is 42.2 Å². The van der Waals surface area contributed by atoms with Gasteiger partial charge in [-0.2, -0.15) is 0 Å². The van der Waals surface area contributed by atoms with Gasteiger partial charge in [0, 0.05) is 24.7 Å². The normalized spacial score (nSPS) is 14.0. The lowest BCUT2D eigenvalue weighted by Crippen LogP contribution is -2.47. The highest BCUT2D eigenvalue weighted by Crippen LogP contribution is 2.29. The molecule has 0 aliphatic carbocycles. The van der Waals surface area contributed by atoms with E-state index in [1.165, 1.54) is 0 Å². The van der Waals surface area contributed by atoms with Crippen LogP contribution in [0.25, 0.3) is 0 Å². The molecule has 1 heterocycles. The number of hydrogen-bond acceptors (Lipinski definition) is 4. The number of ether oxygens (including phenoxy) is 2. The van der Waals surface area contributed by atoms with Crippen molar-refractivity contribution in [2.75, 3.05) is 27.3 Å². The number of rotatable bonds is 7. The molecule has 3 aromatic carbocycles. The molecule has 1 aliphatic heterocycles. The number of hydrogen-bond donors (Lipinski definition) is 1. The van der Waals surface area contributed by atoms with E-state index in [4.69, 9.17) is 9.47 Å². The molecule has 0 spiro atoms. The van der Waals surface area contributed by atoms with Crippen LogP contribution >= 0.6 is 0 Å². The number of carbonyl (C=O) groups is 2. The maximum absolute atomic E-state index is 13.6. The third-order valence-electron chi connectivity index (χ3n) is 6.30.